The lowest BCUT2D eigenvalue weighted by molar-refractivity contribution is -0.123. The second-order valence-corrected chi connectivity index (χ2v) is 10.0. The van der Waals surface area contributed by atoms with E-state index in [-0.39, 0.29) is 45.3 Å². The number of Topliss-reactive ketones (excluding diaryl/α,β-unsaturated/α-hetero) is 2. The van der Waals surface area contributed by atoms with Crippen molar-refractivity contribution in [1.82, 2.24) is 4.98 Å². The lowest BCUT2D eigenvalue weighted by atomic mass is 9.71. The van der Waals surface area contributed by atoms with Crippen LogP contribution in [-0.2, 0) is 15.0 Å². The number of hydrogen-bond donors (Lipinski definition) is 4. The number of ketones is 2. The van der Waals surface area contributed by atoms with Crippen molar-refractivity contribution in [2.75, 3.05) is 5.43 Å². The fourth-order valence-electron chi connectivity index (χ4n) is 4.42. The van der Waals surface area contributed by atoms with Gasteiger partial charge in [0.15, 0.2) is 11.6 Å². The summed E-state index contributed by atoms with van der Waals surface area (Å²) in [6, 6.07) is 7.10. The van der Waals surface area contributed by atoms with Crippen LogP contribution in [0.3, 0.4) is 0 Å². The molecule has 11 heteroatoms. The summed E-state index contributed by atoms with van der Waals surface area (Å²) in [5.41, 5.74) is 2.35. The maximum absolute atomic E-state index is 13.4. The molecule has 3 aromatic rings. The Hall–Kier alpha value is -4.15. The van der Waals surface area contributed by atoms with Crippen molar-refractivity contribution in [1.29, 1.82) is 0 Å². The number of phenols is 2. The van der Waals surface area contributed by atoms with Crippen molar-refractivity contribution in [2.45, 2.75) is 26.2 Å². The number of aliphatic hydroxyl groups is 1. The highest BCUT2D eigenvalue weighted by Gasteiger charge is 2.55. The normalized spacial score (nSPS) is 18.5. The van der Waals surface area contributed by atoms with E-state index in [4.69, 9.17) is 16.3 Å². The summed E-state index contributed by atoms with van der Waals surface area (Å²) in [7, 11) is 0. The topological polar surface area (TPSA) is 141 Å². The Balaban J connectivity index is 1.56. The molecule has 0 unspecified atom stereocenters. The number of benzene rings is 2. The summed E-state index contributed by atoms with van der Waals surface area (Å²) in [6.45, 7) is 4.17. The van der Waals surface area contributed by atoms with Crippen LogP contribution in [0.15, 0.2) is 57.9 Å². The zero-order valence-corrected chi connectivity index (χ0v) is 21.4. The van der Waals surface area contributed by atoms with Crippen LogP contribution in [-0.4, -0.2) is 38.1 Å². The molecule has 2 aromatic carbocycles. The van der Waals surface area contributed by atoms with E-state index in [2.05, 4.69) is 15.5 Å². The number of carbonyl (C=O) groups is 2. The van der Waals surface area contributed by atoms with E-state index in [1.165, 1.54) is 38.2 Å². The molecule has 0 radical (unpaired) electrons. The molecule has 1 aliphatic carbocycles. The fourth-order valence-corrected chi connectivity index (χ4v) is 5.20. The van der Waals surface area contributed by atoms with E-state index >= 15 is 0 Å². The number of rotatable bonds is 5. The number of nitrogens with zero attached hydrogens (tertiary/aromatic N) is 2. The van der Waals surface area contributed by atoms with Crippen LogP contribution in [0.5, 0.6) is 17.2 Å². The lowest BCUT2D eigenvalue weighted by Crippen LogP contribution is -2.38. The predicted octanol–water partition coefficient (Wildman–Crippen LogP) is 5.15. The van der Waals surface area contributed by atoms with Gasteiger partial charge in [0.1, 0.15) is 39.8 Å². The number of fused-ring (bicyclic) bond motifs is 3. The maximum Gasteiger partial charge on any atom is 0.203 e. The Bertz CT molecular complexity index is 1590. The first-order valence-corrected chi connectivity index (χ1v) is 12.3. The number of halogens is 1. The van der Waals surface area contributed by atoms with E-state index in [0.717, 1.165) is 5.56 Å². The Labute approximate surface area is 220 Å². The smallest absolute Gasteiger partial charge is 0.203 e. The second kappa shape index (κ2) is 8.75. The maximum atomic E-state index is 13.4. The first-order chi connectivity index (χ1) is 17.5. The molecule has 0 amide bonds. The molecular weight excluding hydrogens is 518 g/mol. The van der Waals surface area contributed by atoms with Gasteiger partial charge >= 0.3 is 0 Å². The Kier molecular flexibility index (Phi) is 5.81. The number of hydrogen-bond acceptors (Lipinski definition) is 10. The number of anilines is 1. The number of allylic oxidation sites excluding steroid dienone is 3. The van der Waals surface area contributed by atoms with Crippen LogP contribution >= 0.6 is 22.9 Å². The minimum atomic E-state index is -1.58. The molecule has 0 spiro atoms. The van der Waals surface area contributed by atoms with E-state index in [1.54, 1.807) is 35.9 Å². The van der Waals surface area contributed by atoms with Crippen LogP contribution in [0, 0.1) is 6.92 Å². The summed E-state index contributed by atoms with van der Waals surface area (Å²) < 4.78 is 5.96. The third-order valence-electron chi connectivity index (χ3n) is 6.40. The minimum Gasteiger partial charge on any atom is -0.507 e. The van der Waals surface area contributed by atoms with Gasteiger partial charge in [0.25, 0.3) is 0 Å². The molecule has 1 aliphatic heterocycles. The summed E-state index contributed by atoms with van der Waals surface area (Å²) in [6.07, 6.45) is 2.78. The molecular formula is C26H20ClN3O6S. The largest absolute Gasteiger partial charge is 0.507 e. The second-order valence-electron chi connectivity index (χ2n) is 8.74. The first-order valence-electron chi connectivity index (χ1n) is 11.0. The number of aromatic hydroxyl groups is 2. The van der Waals surface area contributed by atoms with Crippen molar-refractivity contribution >= 4 is 45.9 Å². The third-order valence-corrected chi connectivity index (χ3v) is 7.40. The highest BCUT2D eigenvalue weighted by molar-refractivity contribution is 7.14. The van der Waals surface area contributed by atoms with Gasteiger partial charge < -0.3 is 20.1 Å². The van der Waals surface area contributed by atoms with E-state index in [1.807, 2.05) is 0 Å². The molecule has 0 fully saturated rings. The van der Waals surface area contributed by atoms with Gasteiger partial charge in [-0.2, -0.15) is 5.10 Å². The third kappa shape index (κ3) is 3.76. The van der Waals surface area contributed by atoms with Crippen molar-refractivity contribution in [3.63, 3.8) is 0 Å². The van der Waals surface area contributed by atoms with Crippen molar-refractivity contribution in [3.05, 3.63) is 74.5 Å². The molecule has 9 nitrogen and oxygen atoms in total. The van der Waals surface area contributed by atoms with E-state index in [9.17, 15) is 24.9 Å². The number of aliphatic hydroxyl groups excluding tert-OH is 1. The van der Waals surface area contributed by atoms with Gasteiger partial charge in [-0.25, -0.2) is 4.98 Å². The SMILES string of the molecule is CC(=O)C1=C(O)C=C2Oc3c(-c4csc(N/N=C/c5ccc(Cl)cc5)n4)c(O)c(C)c(O)c3[C@@]2(C)C1=O. The zero-order chi connectivity index (χ0) is 26.6. The average Bonchev–Trinajstić information content (AvgIpc) is 3.42. The number of phenolic OH excluding ortho intramolecular Hbond substituents is 2. The number of thiazole rings is 1. The molecule has 188 valence electrons. The molecule has 5 rings (SSSR count). The summed E-state index contributed by atoms with van der Waals surface area (Å²) in [4.78, 5) is 30.0. The highest BCUT2D eigenvalue weighted by atomic mass is 35.5. The Morgan fingerprint density at radius 1 is 1.22 bits per heavy atom. The van der Waals surface area contributed by atoms with Crippen LogP contribution in [0.2, 0.25) is 5.02 Å². The van der Waals surface area contributed by atoms with Crippen LogP contribution in [0.4, 0.5) is 5.13 Å². The van der Waals surface area contributed by atoms with Gasteiger partial charge in [-0.3, -0.25) is 15.0 Å². The van der Waals surface area contributed by atoms with Gasteiger partial charge in [-0.15, -0.1) is 11.3 Å². The van der Waals surface area contributed by atoms with Gasteiger partial charge in [0, 0.05) is 22.0 Å². The minimum absolute atomic E-state index is 0.0156. The molecule has 4 N–H and O–H groups in total. The zero-order valence-electron chi connectivity index (χ0n) is 19.8. The van der Waals surface area contributed by atoms with Gasteiger partial charge in [0.05, 0.1) is 23.0 Å². The van der Waals surface area contributed by atoms with Gasteiger partial charge in [-0.05, 0) is 38.5 Å². The molecule has 1 aromatic heterocycles. The van der Waals surface area contributed by atoms with Crippen molar-refractivity contribution in [2.24, 2.45) is 5.10 Å². The first kappa shape index (κ1) is 24.5. The number of hydrazone groups is 1. The summed E-state index contributed by atoms with van der Waals surface area (Å²) in [5, 5.41) is 39.1. The van der Waals surface area contributed by atoms with E-state index < -0.39 is 22.7 Å². The predicted molar refractivity (Wildman–Crippen MR) is 140 cm³/mol. The number of ether oxygens (including phenoxy) is 1. The molecule has 1 atom stereocenters. The average molecular weight is 538 g/mol. The molecule has 0 saturated heterocycles. The van der Waals surface area contributed by atoms with Crippen LogP contribution < -0.4 is 10.2 Å². The van der Waals surface area contributed by atoms with Crippen molar-refractivity contribution in [3.8, 4) is 28.5 Å². The Morgan fingerprint density at radius 2 is 1.92 bits per heavy atom. The van der Waals surface area contributed by atoms with Crippen molar-refractivity contribution < 1.29 is 29.6 Å². The van der Waals surface area contributed by atoms with Gasteiger partial charge in [-0.1, -0.05) is 23.7 Å². The molecule has 2 aliphatic rings. The Morgan fingerprint density at radius 3 is 2.59 bits per heavy atom. The number of carbonyl (C=O) groups excluding carboxylic acids is 2. The quantitative estimate of drug-likeness (QED) is 0.199. The fraction of sp³-hybridized carbons (Fsp3) is 0.154. The van der Waals surface area contributed by atoms with Crippen LogP contribution in [0.25, 0.3) is 11.3 Å². The van der Waals surface area contributed by atoms with Crippen LogP contribution in [0.1, 0.15) is 30.5 Å². The molecule has 0 saturated carbocycles. The monoisotopic (exact) mass is 537 g/mol. The standard InChI is InChI=1S/C26H20ClN3O6S/c1-11-21(33)19(15-10-37-25(29-15)30-28-9-13-4-6-14(27)7-5-13)23-20(22(11)34)26(3)17(36-23)8-16(32)18(12(2)31)24(26)35/h4-10,32-34H,1-3H3,(H,29,30)/b28-9+/t26-/m0/s1. The molecule has 2 heterocycles. The number of aromatic nitrogens is 1. The summed E-state index contributed by atoms with van der Waals surface area (Å²) >= 11 is 7.11. The highest BCUT2D eigenvalue weighted by Crippen LogP contribution is 2.60. The van der Waals surface area contributed by atoms with E-state index in [0.29, 0.717) is 15.8 Å². The molecule has 37 heavy (non-hydrogen) atoms. The summed E-state index contributed by atoms with van der Waals surface area (Å²) in [5.74, 6) is -2.43. The van der Waals surface area contributed by atoms with Gasteiger partial charge in [0.2, 0.25) is 5.13 Å². The number of nitrogens with one attached hydrogen (secondary N) is 1. The lowest BCUT2D eigenvalue weighted by Gasteiger charge is -2.28. The molecule has 0 bridgehead atoms.